The highest BCUT2D eigenvalue weighted by Gasteiger charge is 2.26. The van der Waals surface area contributed by atoms with Crippen LogP contribution in [-0.4, -0.2) is 17.6 Å². The van der Waals surface area contributed by atoms with Crippen LogP contribution in [0.25, 0.3) is 0 Å². The fraction of sp³-hybridized carbons (Fsp3) is 0.417. The predicted octanol–water partition coefficient (Wildman–Crippen LogP) is 2.66. The van der Waals surface area contributed by atoms with E-state index in [0.717, 1.165) is 0 Å². The summed E-state index contributed by atoms with van der Waals surface area (Å²) in [6.07, 6.45) is 0. The Morgan fingerprint density at radius 3 is 2.62 bits per heavy atom. The van der Waals surface area contributed by atoms with Gasteiger partial charge in [-0.15, -0.1) is 0 Å². The lowest BCUT2D eigenvalue weighted by atomic mass is 9.94. The quantitative estimate of drug-likeness (QED) is 0.828. The molecule has 1 rings (SSSR count). The molecule has 0 aliphatic heterocycles. The van der Waals surface area contributed by atoms with Crippen LogP contribution < -0.4 is 5.32 Å². The summed E-state index contributed by atoms with van der Waals surface area (Å²) in [5, 5.41) is 11.8. The molecule has 0 saturated heterocycles. The maximum atomic E-state index is 13.2. The monoisotopic (exact) mass is 225 g/mol. The highest BCUT2D eigenvalue weighted by molar-refractivity contribution is 5.74. The van der Waals surface area contributed by atoms with Gasteiger partial charge in [0, 0.05) is 12.2 Å². The van der Waals surface area contributed by atoms with Crippen LogP contribution >= 0.6 is 0 Å². The number of hydrogen-bond acceptors (Lipinski definition) is 2. The molecule has 0 bridgehead atoms. The van der Waals surface area contributed by atoms with E-state index < -0.39 is 11.4 Å². The van der Waals surface area contributed by atoms with Crippen molar-refractivity contribution < 1.29 is 14.3 Å². The van der Waals surface area contributed by atoms with Gasteiger partial charge in [0.05, 0.1) is 5.41 Å². The zero-order valence-corrected chi connectivity index (χ0v) is 9.67. The minimum atomic E-state index is -0.882. The van der Waals surface area contributed by atoms with Gasteiger partial charge in [-0.05, 0) is 38.5 Å². The van der Waals surface area contributed by atoms with E-state index in [0.29, 0.717) is 11.3 Å². The minimum absolute atomic E-state index is 0.255. The number of carboxylic acids is 1. The minimum Gasteiger partial charge on any atom is -0.481 e. The van der Waals surface area contributed by atoms with Crippen molar-refractivity contribution in [3.8, 4) is 0 Å². The number of benzene rings is 1. The van der Waals surface area contributed by atoms with E-state index in [9.17, 15) is 9.18 Å². The number of anilines is 1. The average Bonchev–Trinajstić information content (AvgIpc) is 2.20. The summed E-state index contributed by atoms with van der Waals surface area (Å²) in [6.45, 7) is 5.17. The first-order valence-electron chi connectivity index (χ1n) is 5.06. The molecule has 2 N–H and O–H groups in total. The molecule has 0 aliphatic rings. The highest BCUT2D eigenvalue weighted by Crippen LogP contribution is 2.18. The van der Waals surface area contributed by atoms with Crippen molar-refractivity contribution in [3.63, 3.8) is 0 Å². The third kappa shape index (κ3) is 2.95. The van der Waals surface area contributed by atoms with Gasteiger partial charge in [0.2, 0.25) is 0 Å². The molecule has 0 heterocycles. The SMILES string of the molecule is Cc1ccc(NCC(C)(C)C(=O)O)cc1F. The van der Waals surface area contributed by atoms with Gasteiger partial charge in [0.15, 0.2) is 0 Å². The molecule has 0 atom stereocenters. The summed E-state index contributed by atoms with van der Waals surface area (Å²) in [5.41, 5.74) is 0.293. The third-order valence-electron chi connectivity index (χ3n) is 2.49. The molecule has 88 valence electrons. The van der Waals surface area contributed by atoms with Crippen LogP contribution in [0.1, 0.15) is 19.4 Å². The summed E-state index contributed by atoms with van der Waals surface area (Å²) in [5.74, 6) is -1.18. The molecule has 3 nitrogen and oxygen atoms in total. The average molecular weight is 225 g/mol. The Balaban J connectivity index is 2.68. The van der Waals surface area contributed by atoms with Crippen molar-refractivity contribution in [1.82, 2.24) is 0 Å². The standard InChI is InChI=1S/C12H16FNO2/c1-8-4-5-9(6-10(8)13)14-7-12(2,3)11(15)16/h4-6,14H,7H2,1-3H3,(H,15,16). The zero-order valence-electron chi connectivity index (χ0n) is 9.67. The Morgan fingerprint density at radius 2 is 2.12 bits per heavy atom. The fourth-order valence-corrected chi connectivity index (χ4v) is 1.10. The Bertz CT molecular complexity index is 402. The number of halogens is 1. The zero-order chi connectivity index (χ0) is 12.3. The first-order valence-corrected chi connectivity index (χ1v) is 5.06. The molecule has 0 aliphatic carbocycles. The van der Waals surface area contributed by atoms with E-state index in [2.05, 4.69) is 5.32 Å². The number of rotatable bonds is 4. The molecule has 0 aromatic heterocycles. The lowest BCUT2D eigenvalue weighted by molar-refractivity contribution is -0.146. The lowest BCUT2D eigenvalue weighted by Crippen LogP contribution is -2.31. The normalized spacial score (nSPS) is 11.2. The number of aliphatic carboxylic acids is 1. The van der Waals surface area contributed by atoms with E-state index >= 15 is 0 Å². The molecule has 0 amide bonds. The summed E-state index contributed by atoms with van der Waals surface area (Å²) in [4.78, 5) is 10.8. The van der Waals surface area contributed by atoms with Gasteiger partial charge in [0.1, 0.15) is 5.82 Å². The van der Waals surface area contributed by atoms with Crippen LogP contribution in [0.5, 0.6) is 0 Å². The second kappa shape index (κ2) is 4.51. The molecule has 1 aromatic carbocycles. The van der Waals surface area contributed by atoms with Gasteiger partial charge in [-0.3, -0.25) is 4.79 Å². The largest absolute Gasteiger partial charge is 0.481 e. The number of hydrogen-bond donors (Lipinski definition) is 2. The van der Waals surface area contributed by atoms with E-state index in [1.807, 2.05) is 0 Å². The summed E-state index contributed by atoms with van der Waals surface area (Å²) < 4.78 is 13.2. The third-order valence-corrected chi connectivity index (χ3v) is 2.49. The van der Waals surface area contributed by atoms with Crippen LogP contribution in [0.4, 0.5) is 10.1 Å². The van der Waals surface area contributed by atoms with Gasteiger partial charge in [-0.2, -0.15) is 0 Å². The van der Waals surface area contributed by atoms with Crippen molar-refractivity contribution in [3.05, 3.63) is 29.6 Å². The van der Waals surface area contributed by atoms with E-state index in [1.165, 1.54) is 6.07 Å². The smallest absolute Gasteiger partial charge is 0.310 e. The van der Waals surface area contributed by atoms with Crippen LogP contribution in [0.2, 0.25) is 0 Å². The second-order valence-electron chi connectivity index (χ2n) is 4.51. The Labute approximate surface area is 94.3 Å². The Kier molecular flexibility index (Phi) is 3.52. The fourth-order valence-electron chi connectivity index (χ4n) is 1.10. The lowest BCUT2D eigenvalue weighted by Gasteiger charge is -2.20. The van der Waals surface area contributed by atoms with Crippen molar-refractivity contribution in [1.29, 1.82) is 0 Å². The molecule has 16 heavy (non-hydrogen) atoms. The first-order chi connectivity index (χ1) is 7.33. The maximum Gasteiger partial charge on any atom is 0.310 e. The molecule has 1 aromatic rings. The number of carbonyl (C=O) groups is 1. The molecule has 0 spiro atoms. The number of carboxylic acid groups (broad SMARTS) is 1. The van der Waals surface area contributed by atoms with Crippen molar-refractivity contribution >= 4 is 11.7 Å². The predicted molar refractivity (Wildman–Crippen MR) is 61.0 cm³/mol. The first kappa shape index (κ1) is 12.5. The van der Waals surface area contributed by atoms with Gasteiger partial charge in [0.25, 0.3) is 0 Å². The topological polar surface area (TPSA) is 49.3 Å². The maximum absolute atomic E-state index is 13.2. The molecule has 0 fully saturated rings. The van der Waals surface area contributed by atoms with Crippen LogP contribution in [-0.2, 0) is 4.79 Å². The Morgan fingerprint density at radius 1 is 1.50 bits per heavy atom. The van der Waals surface area contributed by atoms with Gasteiger partial charge < -0.3 is 10.4 Å². The summed E-state index contributed by atoms with van der Waals surface area (Å²) in [6, 6.07) is 4.76. The van der Waals surface area contributed by atoms with Crippen LogP contribution in [0.15, 0.2) is 18.2 Å². The van der Waals surface area contributed by atoms with E-state index in [4.69, 9.17) is 5.11 Å². The van der Waals surface area contributed by atoms with Gasteiger partial charge >= 0.3 is 5.97 Å². The van der Waals surface area contributed by atoms with Crippen molar-refractivity contribution in [2.75, 3.05) is 11.9 Å². The number of nitrogens with one attached hydrogen (secondary N) is 1. The van der Waals surface area contributed by atoms with Crippen LogP contribution in [0.3, 0.4) is 0 Å². The van der Waals surface area contributed by atoms with E-state index in [-0.39, 0.29) is 12.4 Å². The highest BCUT2D eigenvalue weighted by atomic mass is 19.1. The molecule has 0 saturated carbocycles. The molecular formula is C12H16FNO2. The molecule has 0 unspecified atom stereocenters. The van der Waals surface area contributed by atoms with Gasteiger partial charge in [-0.1, -0.05) is 6.07 Å². The molecular weight excluding hydrogens is 209 g/mol. The summed E-state index contributed by atoms with van der Waals surface area (Å²) >= 11 is 0. The Hall–Kier alpha value is -1.58. The number of aryl methyl sites for hydroxylation is 1. The summed E-state index contributed by atoms with van der Waals surface area (Å²) in [7, 11) is 0. The van der Waals surface area contributed by atoms with Crippen molar-refractivity contribution in [2.24, 2.45) is 5.41 Å². The second-order valence-corrected chi connectivity index (χ2v) is 4.51. The van der Waals surface area contributed by atoms with Gasteiger partial charge in [-0.25, -0.2) is 4.39 Å². The molecule has 0 radical (unpaired) electrons. The van der Waals surface area contributed by atoms with Crippen LogP contribution in [0, 0.1) is 18.2 Å². The van der Waals surface area contributed by atoms with Crippen molar-refractivity contribution in [2.45, 2.75) is 20.8 Å². The van der Waals surface area contributed by atoms with E-state index in [1.54, 1.807) is 32.9 Å². The molecule has 4 heteroatoms.